The van der Waals surface area contributed by atoms with Crippen molar-refractivity contribution in [2.45, 2.75) is 6.42 Å². The average Bonchev–Trinajstić information content (AvgIpc) is 2.09. The van der Waals surface area contributed by atoms with Crippen LogP contribution in [-0.4, -0.2) is 10.9 Å². The second-order valence-corrected chi connectivity index (χ2v) is 2.76. The summed E-state index contributed by atoms with van der Waals surface area (Å²) in [7, 11) is 0. The van der Waals surface area contributed by atoms with E-state index in [-0.39, 0.29) is 0 Å². The molecule has 0 unspecified atom stereocenters. The lowest BCUT2D eigenvalue weighted by atomic mass is 10.2. The van der Waals surface area contributed by atoms with E-state index in [0.29, 0.717) is 5.88 Å². The van der Waals surface area contributed by atoms with Crippen molar-refractivity contribution < 1.29 is 0 Å². The summed E-state index contributed by atoms with van der Waals surface area (Å²) in [4.78, 5) is 3.96. The summed E-state index contributed by atoms with van der Waals surface area (Å²) >= 11 is 5.51. The van der Waals surface area contributed by atoms with Crippen molar-refractivity contribution >= 4 is 23.4 Å². The van der Waals surface area contributed by atoms with Crippen LogP contribution in [0.1, 0.15) is 12.0 Å². The zero-order valence-corrected chi connectivity index (χ0v) is 7.46. The van der Waals surface area contributed by atoms with Gasteiger partial charge in [-0.2, -0.15) is 0 Å². The van der Waals surface area contributed by atoms with Crippen molar-refractivity contribution in [3.05, 3.63) is 30.1 Å². The van der Waals surface area contributed by atoms with Gasteiger partial charge in [-0.3, -0.25) is 4.98 Å². The van der Waals surface area contributed by atoms with Crippen LogP contribution in [0.25, 0.3) is 6.08 Å². The van der Waals surface area contributed by atoms with Crippen LogP contribution in [-0.2, 0) is 0 Å². The molecule has 0 bridgehead atoms. The Labute approximate surface area is 77.1 Å². The van der Waals surface area contributed by atoms with Gasteiger partial charge in [-0.05, 0) is 12.5 Å². The average molecular weight is 183 g/mol. The number of halogens is 1. The molecule has 0 atom stereocenters. The number of rotatable bonds is 3. The second kappa shape index (κ2) is 4.78. The molecule has 0 aliphatic carbocycles. The zero-order valence-electron chi connectivity index (χ0n) is 6.70. The van der Waals surface area contributed by atoms with Gasteiger partial charge in [-0.1, -0.05) is 12.2 Å². The summed E-state index contributed by atoms with van der Waals surface area (Å²) in [5.74, 6) is 0.636. The number of hydrogen-bond acceptors (Lipinski definition) is 2. The van der Waals surface area contributed by atoms with Crippen molar-refractivity contribution in [2.24, 2.45) is 0 Å². The van der Waals surface area contributed by atoms with E-state index in [9.17, 15) is 0 Å². The highest BCUT2D eigenvalue weighted by Gasteiger charge is 1.91. The van der Waals surface area contributed by atoms with E-state index in [2.05, 4.69) is 4.98 Å². The van der Waals surface area contributed by atoms with E-state index in [1.54, 1.807) is 18.5 Å². The van der Waals surface area contributed by atoms with Gasteiger partial charge in [0.05, 0.1) is 0 Å². The Morgan fingerprint density at radius 2 is 2.42 bits per heavy atom. The number of nitrogens with zero attached hydrogens (tertiary/aromatic N) is 1. The first-order valence-electron chi connectivity index (χ1n) is 3.76. The molecular formula is C9H11ClN2. The third-order valence-corrected chi connectivity index (χ3v) is 1.68. The maximum atomic E-state index is 5.68. The lowest BCUT2D eigenvalue weighted by Crippen LogP contribution is -1.89. The third kappa shape index (κ3) is 2.55. The second-order valence-electron chi connectivity index (χ2n) is 2.38. The number of aromatic nitrogens is 1. The highest BCUT2D eigenvalue weighted by atomic mass is 35.5. The molecule has 12 heavy (non-hydrogen) atoms. The van der Waals surface area contributed by atoms with Crippen LogP contribution in [0, 0.1) is 0 Å². The third-order valence-electron chi connectivity index (χ3n) is 1.46. The van der Waals surface area contributed by atoms with Crippen LogP contribution in [0.15, 0.2) is 24.5 Å². The lowest BCUT2D eigenvalue weighted by Gasteiger charge is -1.96. The minimum absolute atomic E-state index is 0.636. The topological polar surface area (TPSA) is 38.9 Å². The summed E-state index contributed by atoms with van der Waals surface area (Å²) < 4.78 is 0. The number of pyridine rings is 1. The highest BCUT2D eigenvalue weighted by molar-refractivity contribution is 6.17. The number of nitrogen functional groups attached to an aromatic ring is 1. The Morgan fingerprint density at radius 3 is 3.08 bits per heavy atom. The Kier molecular flexibility index (Phi) is 3.61. The van der Waals surface area contributed by atoms with Crippen LogP contribution < -0.4 is 5.73 Å². The monoisotopic (exact) mass is 182 g/mol. The minimum atomic E-state index is 0.636. The fourth-order valence-corrected chi connectivity index (χ4v) is 0.956. The summed E-state index contributed by atoms with van der Waals surface area (Å²) in [6.45, 7) is 0. The molecule has 0 spiro atoms. The van der Waals surface area contributed by atoms with Crippen molar-refractivity contribution in [1.29, 1.82) is 0 Å². The molecular weight excluding hydrogens is 172 g/mol. The normalized spacial score (nSPS) is 10.8. The van der Waals surface area contributed by atoms with Crippen LogP contribution >= 0.6 is 11.6 Å². The van der Waals surface area contributed by atoms with E-state index in [1.165, 1.54) is 0 Å². The number of anilines is 1. The molecule has 0 aliphatic heterocycles. The molecule has 1 aromatic rings. The van der Waals surface area contributed by atoms with Crippen LogP contribution in [0.4, 0.5) is 5.69 Å². The van der Waals surface area contributed by atoms with Gasteiger partial charge in [0.15, 0.2) is 0 Å². The van der Waals surface area contributed by atoms with Crippen molar-refractivity contribution in [2.75, 3.05) is 11.6 Å². The van der Waals surface area contributed by atoms with Crippen LogP contribution in [0.3, 0.4) is 0 Å². The van der Waals surface area contributed by atoms with Crippen LogP contribution in [0.2, 0.25) is 0 Å². The molecule has 0 fully saturated rings. The van der Waals surface area contributed by atoms with Crippen molar-refractivity contribution in [1.82, 2.24) is 4.98 Å². The van der Waals surface area contributed by atoms with Gasteiger partial charge >= 0.3 is 0 Å². The first-order chi connectivity index (χ1) is 5.84. The molecule has 0 aromatic carbocycles. The molecule has 3 heteroatoms. The molecule has 0 aliphatic rings. The van der Waals surface area contributed by atoms with E-state index < -0.39 is 0 Å². The van der Waals surface area contributed by atoms with Crippen LogP contribution in [0.5, 0.6) is 0 Å². The Bertz CT molecular complexity index is 271. The van der Waals surface area contributed by atoms with E-state index in [4.69, 9.17) is 17.3 Å². The lowest BCUT2D eigenvalue weighted by molar-refractivity contribution is 1.24. The summed E-state index contributed by atoms with van der Waals surface area (Å²) in [6.07, 6.45) is 8.19. The Hall–Kier alpha value is -1.02. The van der Waals surface area contributed by atoms with Gasteiger partial charge < -0.3 is 5.73 Å². The van der Waals surface area contributed by atoms with E-state index in [0.717, 1.165) is 17.7 Å². The molecule has 2 N–H and O–H groups in total. The molecule has 0 amide bonds. The van der Waals surface area contributed by atoms with Gasteiger partial charge in [0.1, 0.15) is 0 Å². The fourth-order valence-electron chi connectivity index (χ4n) is 0.830. The standard InChI is InChI=1S/C9H11ClN2/c10-5-2-1-3-8-7-12-6-4-9(8)11/h1,3-4,6-7H,2,5H2,(H2,11,12). The summed E-state index contributed by atoms with van der Waals surface area (Å²) in [5.41, 5.74) is 7.37. The van der Waals surface area contributed by atoms with Crippen molar-refractivity contribution in [3.63, 3.8) is 0 Å². The molecule has 0 radical (unpaired) electrons. The van der Waals surface area contributed by atoms with Gasteiger partial charge in [-0.25, -0.2) is 0 Å². The number of hydrogen-bond donors (Lipinski definition) is 1. The molecule has 64 valence electrons. The minimum Gasteiger partial charge on any atom is -0.398 e. The van der Waals surface area contributed by atoms with E-state index >= 15 is 0 Å². The zero-order chi connectivity index (χ0) is 8.81. The SMILES string of the molecule is Nc1ccncc1C=CCCCl. The quantitative estimate of drug-likeness (QED) is 0.729. The maximum absolute atomic E-state index is 5.68. The Balaban J connectivity index is 2.68. The summed E-state index contributed by atoms with van der Waals surface area (Å²) in [6, 6.07) is 1.78. The molecule has 1 heterocycles. The number of nitrogens with two attached hydrogens (primary N) is 1. The smallest absolute Gasteiger partial charge is 0.0418 e. The van der Waals surface area contributed by atoms with Gasteiger partial charge in [-0.15, -0.1) is 11.6 Å². The number of allylic oxidation sites excluding steroid dienone is 1. The maximum Gasteiger partial charge on any atom is 0.0418 e. The molecule has 0 saturated heterocycles. The molecule has 1 rings (SSSR count). The largest absolute Gasteiger partial charge is 0.398 e. The van der Waals surface area contributed by atoms with Gasteiger partial charge in [0, 0.05) is 29.5 Å². The van der Waals surface area contributed by atoms with E-state index in [1.807, 2.05) is 12.2 Å². The first-order valence-corrected chi connectivity index (χ1v) is 4.30. The molecule has 2 nitrogen and oxygen atoms in total. The predicted octanol–water partition coefficient (Wildman–Crippen LogP) is 2.31. The number of alkyl halides is 1. The van der Waals surface area contributed by atoms with Gasteiger partial charge in [0.25, 0.3) is 0 Å². The molecule has 0 saturated carbocycles. The Morgan fingerprint density at radius 1 is 1.58 bits per heavy atom. The summed E-state index contributed by atoms with van der Waals surface area (Å²) in [5, 5.41) is 0. The fraction of sp³-hybridized carbons (Fsp3) is 0.222. The predicted molar refractivity (Wildman–Crippen MR) is 53.0 cm³/mol. The van der Waals surface area contributed by atoms with Crippen molar-refractivity contribution in [3.8, 4) is 0 Å². The highest BCUT2D eigenvalue weighted by Crippen LogP contribution is 2.10. The first kappa shape index (κ1) is 9.07. The van der Waals surface area contributed by atoms with Gasteiger partial charge in [0.2, 0.25) is 0 Å². The molecule has 1 aromatic heterocycles.